The van der Waals surface area contributed by atoms with E-state index in [2.05, 4.69) is 16.0 Å². The van der Waals surface area contributed by atoms with E-state index in [1.165, 1.54) is 16.7 Å². The van der Waals surface area contributed by atoms with Crippen LogP contribution in [0.1, 0.15) is 46.0 Å². The van der Waals surface area contributed by atoms with Crippen LogP contribution in [-0.4, -0.2) is 61.6 Å². The van der Waals surface area contributed by atoms with Gasteiger partial charge in [0.1, 0.15) is 23.0 Å². The third kappa shape index (κ3) is 3.92. The van der Waals surface area contributed by atoms with Gasteiger partial charge in [-0.1, -0.05) is 37.5 Å². The molecule has 9 nitrogen and oxygen atoms in total. The van der Waals surface area contributed by atoms with Crippen LogP contribution < -0.4 is 16.0 Å². The highest BCUT2D eigenvalue weighted by Gasteiger charge is 2.64. The third-order valence-corrected chi connectivity index (χ3v) is 8.06. The van der Waals surface area contributed by atoms with Crippen LogP contribution in [0.15, 0.2) is 30.3 Å². The first-order valence-electron chi connectivity index (χ1n) is 10.8. The van der Waals surface area contributed by atoms with E-state index in [4.69, 9.17) is 0 Å². The van der Waals surface area contributed by atoms with Crippen molar-refractivity contribution in [2.45, 2.75) is 73.7 Å². The first-order chi connectivity index (χ1) is 15.1. The Morgan fingerprint density at radius 2 is 1.75 bits per heavy atom. The second-order valence-corrected chi connectivity index (χ2v) is 10.9. The molecular formula is C22H28N4O5S. The number of amides is 4. The van der Waals surface area contributed by atoms with Crippen molar-refractivity contribution in [1.82, 2.24) is 15.5 Å². The van der Waals surface area contributed by atoms with Gasteiger partial charge in [-0.25, -0.2) is 9.59 Å². The third-order valence-electron chi connectivity index (χ3n) is 6.49. The Morgan fingerprint density at radius 3 is 2.38 bits per heavy atom. The fourth-order valence-corrected chi connectivity index (χ4v) is 6.52. The van der Waals surface area contributed by atoms with Crippen LogP contribution in [0, 0.1) is 0 Å². The summed E-state index contributed by atoms with van der Waals surface area (Å²) < 4.78 is -0.665. The number of hydrogen-bond acceptors (Lipinski definition) is 5. The number of anilines is 1. The van der Waals surface area contributed by atoms with Gasteiger partial charge in [-0.3, -0.25) is 9.59 Å². The number of thioether (sulfide) groups is 1. The van der Waals surface area contributed by atoms with Gasteiger partial charge >= 0.3 is 12.0 Å². The molecular weight excluding hydrogens is 432 g/mol. The molecule has 0 spiro atoms. The first-order valence-corrected chi connectivity index (χ1v) is 11.7. The minimum atomic E-state index is -1.11. The summed E-state index contributed by atoms with van der Waals surface area (Å²) in [4.78, 5) is 51.9. The van der Waals surface area contributed by atoms with Gasteiger partial charge in [0, 0.05) is 10.4 Å². The van der Waals surface area contributed by atoms with E-state index in [0.29, 0.717) is 18.5 Å². The lowest BCUT2D eigenvalue weighted by molar-refractivity contribution is -0.161. The van der Waals surface area contributed by atoms with Gasteiger partial charge in [0.15, 0.2) is 0 Å². The zero-order valence-electron chi connectivity index (χ0n) is 18.1. The van der Waals surface area contributed by atoms with Crippen molar-refractivity contribution in [3.05, 3.63) is 30.3 Å². The Balaban J connectivity index is 1.47. The number of para-hydroxylation sites is 1. The summed E-state index contributed by atoms with van der Waals surface area (Å²) in [5.41, 5.74) is -0.492. The van der Waals surface area contributed by atoms with E-state index >= 15 is 0 Å². The number of rotatable bonds is 5. The largest absolute Gasteiger partial charge is 0.480 e. The van der Waals surface area contributed by atoms with Crippen molar-refractivity contribution < 1.29 is 24.3 Å². The zero-order chi connectivity index (χ0) is 23.1. The molecule has 0 radical (unpaired) electrons. The molecule has 1 aromatic rings. The van der Waals surface area contributed by atoms with Gasteiger partial charge < -0.3 is 26.0 Å². The molecule has 10 heteroatoms. The number of benzene rings is 1. The van der Waals surface area contributed by atoms with Crippen LogP contribution in [0.3, 0.4) is 0 Å². The number of urea groups is 1. The quantitative estimate of drug-likeness (QED) is 0.499. The zero-order valence-corrected chi connectivity index (χ0v) is 18.9. The molecule has 0 unspecified atom stereocenters. The highest BCUT2D eigenvalue weighted by Crippen LogP contribution is 2.50. The number of carboxylic acids is 1. The first kappa shape index (κ1) is 22.4. The molecule has 0 aromatic heterocycles. The summed E-state index contributed by atoms with van der Waals surface area (Å²) in [6, 6.07) is 6.76. The van der Waals surface area contributed by atoms with Gasteiger partial charge in [0.05, 0.1) is 0 Å². The SMILES string of the molecule is CC1(C)S[C@@H]2[C@H](NC(=O)C3(NC(=O)Nc4ccccc4)CCCCC3)C(=O)N2[C@H]1C(=O)O. The Kier molecular flexibility index (Phi) is 5.83. The Hall–Kier alpha value is -2.75. The summed E-state index contributed by atoms with van der Waals surface area (Å²) in [6.07, 6.45) is 3.51. The number of fused-ring (bicyclic) bond motifs is 1. The number of aliphatic carboxylic acids is 1. The van der Waals surface area contributed by atoms with Crippen LogP contribution in [-0.2, 0) is 14.4 Å². The minimum Gasteiger partial charge on any atom is -0.480 e. The summed E-state index contributed by atoms with van der Waals surface area (Å²) in [6.45, 7) is 3.58. The van der Waals surface area contributed by atoms with Gasteiger partial charge in [0.25, 0.3) is 0 Å². The second kappa shape index (κ2) is 8.31. The molecule has 4 rings (SSSR count). The predicted octanol–water partition coefficient (Wildman–Crippen LogP) is 2.14. The van der Waals surface area contributed by atoms with Crippen molar-refractivity contribution in [2.24, 2.45) is 0 Å². The van der Waals surface area contributed by atoms with Crippen LogP contribution in [0.25, 0.3) is 0 Å². The molecule has 2 aliphatic heterocycles. The molecule has 3 fully saturated rings. The van der Waals surface area contributed by atoms with Crippen molar-refractivity contribution in [1.29, 1.82) is 0 Å². The maximum Gasteiger partial charge on any atom is 0.327 e. The van der Waals surface area contributed by atoms with Gasteiger partial charge in [-0.05, 0) is 38.8 Å². The summed E-state index contributed by atoms with van der Waals surface area (Å²) in [5.74, 6) is -1.84. The molecule has 1 aromatic carbocycles. The lowest BCUT2D eigenvalue weighted by atomic mass is 9.80. The van der Waals surface area contributed by atoms with E-state index < -0.39 is 51.6 Å². The predicted molar refractivity (Wildman–Crippen MR) is 120 cm³/mol. The Morgan fingerprint density at radius 1 is 1.09 bits per heavy atom. The molecule has 3 atom stereocenters. The molecule has 3 aliphatic rings. The van der Waals surface area contributed by atoms with Crippen LogP contribution in [0.5, 0.6) is 0 Å². The maximum absolute atomic E-state index is 13.4. The average Bonchev–Trinajstić information content (AvgIpc) is 3.01. The highest BCUT2D eigenvalue weighted by atomic mass is 32.2. The second-order valence-electron chi connectivity index (χ2n) is 9.14. The van der Waals surface area contributed by atoms with E-state index in [0.717, 1.165) is 19.3 Å². The van der Waals surface area contributed by atoms with E-state index in [-0.39, 0.29) is 0 Å². The molecule has 1 saturated carbocycles. The lowest BCUT2D eigenvalue weighted by Crippen LogP contribution is -2.73. The van der Waals surface area contributed by atoms with Crippen molar-refractivity contribution in [3.63, 3.8) is 0 Å². The Labute approximate surface area is 190 Å². The van der Waals surface area contributed by atoms with E-state index in [1.807, 2.05) is 6.07 Å². The molecule has 32 heavy (non-hydrogen) atoms. The van der Waals surface area contributed by atoms with Crippen molar-refractivity contribution >= 4 is 41.3 Å². The number of carbonyl (C=O) groups excluding carboxylic acids is 3. The minimum absolute atomic E-state index is 0.393. The van der Waals surface area contributed by atoms with E-state index in [1.54, 1.807) is 38.1 Å². The normalized spacial score (nSPS) is 27.6. The summed E-state index contributed by atoms with van der Waals surface area (Å²) >= 11 is 1.38. The molecule has 2 heterocycles. The maximum atomic E-state index is 13.4. The van der Waals surface area contributed by atoms with Crippen LogP contribution in [0.4, 0.5) is 10.5 Å². The van der Waals surface area contributed by atoms with Crippen molar-refractivity contribution in [3.8, 4) is 0 Å². The monoisotopic (exact) mass is 460 g/mol. The fraction of sp³-hybridized carbons (Fsp3) is 0.545. The lowest BCUT2D eigenvalue weighted by Gasteiger charge is -2.45. The van der Waals surface area contributed by atoms with Gasteiger partial charge in [-0.2, -0.15) is 0 Å². The van der Waals surface area contributed by atoms with Crippen LogP contribution in [0.2, 0.25) is 0 Å². The molecule has 172 valence electrons. The van der Waals surface area contributed by atoms with Gasteiger partial charge in [0.2, 0.25) is 11.8 Å². The molecule has 0 bridgehead atoms. The number of nitrogens with one attached hydrogen (secondary N) is 3. The van der Waals surface area contributed by atoms with Crippen molar-refractivity contribution in [2.75, 3.05) is 5.32 Å². The smallest absolute Gasteiger partial charge is 0.327 e. The fourth-order valence-electron chi connectivity index (χ4n) is 4.89. The number of β-lactam (4-membered cyclic amide) rings is 1. The topological polar surface area (TPSA) is 128 Å². The number of nitrogens with zero attached hydrogens (tertiary/aromatic N) is 1. The van der Waals surface area contributed by atoms with Gasteiger partial charge in [-0.15, -0.1) is 11.8 Å². The Bertz CT molecular complexity index is 932. The number of carboxylic acid groups (broad SMARTS) is 1. The average molecular weight is 461 g/mol. The number of hydrogen-bond donors (Lipinski definition) is 4. The molecule has 4 N–H and O–H groups in total. The van der Waals surface area contributed by atoms with E-state index in [9.17, 15) is 24.3 Å². The molecule has 4 amide bonds. The number of carbonyl (C=O) groups is 4. The van der Waals surface area contributed by atoms with Crippen LogP contribution >= 0.6 is 11.8 Å². The standard InChI is InChI=1S/C22H28N4O5S/c1-21(2)15(18(28)29)26-16(27)14(17(26)32-21)24-19(30)22(11-7-4-8-12-22)25-20(31)23-13-9-5-3-6-10-13/h3,5-6,9-10,14-15,17H,4,7-8,11-12H2,1-2H3,(H,24,30)(H,28,29)(H2,23,25,31)/t14-,15+,17-/m1/s1. The summed E-state index contributed by atoms with van der Waals surface area (Å²) in [5, 5.41) is 17.6. The molecule has 1 aliphatic carbocycles. The summed E-state index contributed by atoms with van der Waals surface area (Å²) in [7, 11) is 0. The molecule has 2 saturated heterocycles. The highest BCUT2D eigenvalue weighted by molar-refractivity contribution is 8.01.